The molecule has 0 bridgehead atoms. The third-order valence-electron chi connectivity index (χ3n) is 2.60. The lowest BCUT2D eigenvalue weighted by Crippen LogP contribution is -2.54. The number of anilines is 1. The normalized spacial score (nSPS) is 17.4. The van der Waals surface area contributed by atoms with Gasteiger partial charge in [-0.15, -0.1) is 0 Å². The first-order chi connectivity index (χ1) is 7.36. The Balaban J connectivity index is 2.07. The summed E-state index contributed by atoms with van der Waals surface area (Å²) in [5.41, 5.74) is 1.55. The second-order valence-corrected chi connectivity index (χ2v) is 4.09. The summed E-state index contributed by atoms with van der Waals surface area (Å²) in [5.74, 6) is -0.838. The molecular formula is C10H12F3N3. The predicted molar refractivity (Wildman–Crippen MR) is 53.3 cm³/mol. The first kappa shape index (κ1) is 11.2. The minimum Gasteiger partial charge on any atom is -0.339 e. The third kappa shape index (κ3) is 2.10. The molecule has 3 nitrogen and oxygen atoms in total. The summed E-state index contributed by atoms with van der Waals surface area (Å²) < 4.78 is 36.8. The van der Waals surface area contributed by atoms with E-state index >= 15 is 0 Å². The Labute approximate surface area is 91.3 Å². The van der Waals surface area contributed by atoms with Crippen LogP contribution in [-0.4, -0.2) is 29.2 Å². The highest BCUT2D eigenvalue weighted by atomic mass is 19.4. The lowest BCUT2D eigenvalue weighted by Gasteiger charge is -2.40. The second-order valence-electron chi connectivity index (χ2n) is 4.09. The minimum atomic E-state index is -4.10. The number of hydrogen-bond acceptors (Lipinski definition) is 3. The summed E-state index contributed by atoms with van der Waals surface area (Å²) in [7, 11) is 0. The highest BCUT2D eigenvalue weighted by molar-refractivity contribution is 5.36. The molecule has 16 heavy (non-hydrogen) atoms. The predicted octanol–water partition coefficient (Wildman–Crippen LogP) is 2.09. The summed E-state index contributed by atoms with van der Waals surface area (Å²) in [6, 6.07) is 1.80. The average molecular weight is 231 g/mol. The van der Waals surface area contributed by atoms with Crippen LogP contribution in [-0.2, 0) is 0 Å². The molecule has 1 aromatic heterocycles. The summed E-state index contributed by atoms with van der Waals surface area (Å²) >= 11 is 0. The smallest absolute Gasteiger partial charge is 0.339 e. The maximum absolute atomic E-state index is 12.3. The number of aryl methyl sites for hydroxylation is 2. The number of nitrogens with zero attached hydrogens (tertiary/aromatic N) is 3. The maximum Gasteiger partial charge on any atom is 0.395 e. The fourth-order valence-electron chi connectivity index (χ4n) is 1.70. The summed E-state index contributed by atoms with van der Waals surface area (Å²) in [6.45, 7) is 3.54. The van der Waals surface area contributed by atoms with Gasteiger partial charge in [-0.2, -0.15) is 13.2 Å². The Hall–Kier alpha value is -1.33. The van der Waals surface area contributed by atoms with Gasteiger partial charge in [0.15, 0.2) is 0 Å². The van der Waals surface area contributed by atoms with Gasteiger partial charge >= 0.3 is 6.18 Å². The number of hydrogen-bond donors (Lipinski definition) is 0. The zero-order valence-corrected chi connectivity index (χ0v) is 9.04. The van der Waals surface area contributed by atoms with Gasteiger partial charge in [0.05, 0.1) is 5.92 Å². The zero-order valence-electron chi connectivity index (χ0n) is 9.04. The standard InChI is InChI=1S/C10H12F3N3/c1-6-3-7(2)15-9(14-6)16-4-8(5-16)10(11,12)13/h3,8H,4-5H2,1-2H3. The number of rotatable bonds is 1. The van der Waals surface area contributed by atoms with E-state index in [1.165, 1.54) is 0 Å². The quantitative estimate of drug-likeness (QED) is 0.741. The number of aromatic nitrogens is 2. The van der Waals surface area contributed by atoms with Crippen LogP contribution in [0.4, 0.5) is 19.1 Å². The van der Waals surface area contributed by atoms with Gasteiger partial charge in [-0.05, 0) is 19.9 Å². The van der Waals surface area contributed by atoms with E-state index in [0.29, 0.717) is 5.95 Å². The molecule has 0 radical (unpaired) electrons. The van der Waals surface area contributed by atoms with Crippen molar-refractivity contribution >= 4 is 5.95 Å². The summed E-state index contributed by atoms with van der Waals surface area (Å²) in [5, 5.41) is 0. The van der Waals surface area contributed by atoms with Gasteiger partial charge in [0.25, 0.3) is 0 Å². The van der Waals surface area contributed by atoms with Gasteiger partial charge in [0, 0.05) is 24.5 Å². The molecule has 1 saturated heterocycles. The molecule has 0 aliphatic carbocycles. The maximum atomic E-state index is 12.3. The van der Waals surface area contributed by atoms with E-state index in [0.717, 1.165) is 11.4 Å². The molecule has 2 rings (SSSR count). The Morgan fingerprint density at radius 2 is 1.69 bits per heavy atom. The van der Waals surface area contributed by atoms with Crippen molar-refractivity contribution in [1.29, 1.82) is 0 Å². The van der Waals surface area contributed by atoms with Crippen molar-refractivity contribution in [1.82, 2.24) is 9.97 Å². The first-order valence-electron chi connectivity index (χ1n) is 5.00. The second kappa shape index (κ2) is 3.61. The van der Waals surface area contributed by atoms with Crippen molar-refractivity contribution in [3.05, 3.63) is 17.5 Å². The molecule has 1 aliphatic rings. The van der Waals surface area contributed by atoms with Crippen LogP contribution in [0.25, 0.3) is 0 Å². The summed E-state index contributed by atoms with van der Waals surface area (Å²) in [4.78, 5) is 9.79. The number of alkyl halides is 3. The Kier molecular flexibility index (Phi) is 2.52. The molecule has 0 atom stereocenters. The molecule has 1 aromatic rings. The topological polar surface area (TPSA) is 29.0 Å². The SMILES string of the molecule is Cc1cc(C)nc(N2CC(C(F)(F)F)C2)n1. The Morgan fingerprint density at radius 3 is 2.12 bits per heavy atom. The highest BCUT2D eigenvalue weighted by Crippen LogP contribution is 2.34. The number of halogens is 3. The largest absolute Gasteiger partial charge is 0.395 e. The molecule has 0 N–H and O–H groups in total. The molecule has 0 aromatic carbocycles. The van der Waals surface area contributed by atoms with E-state index in [-0.39, 0.29) is 13.1 Å². The van der Waals surface area contributed by atoms with Crippen LogP contribution in [0.15, 0.2) is 6.07 Å². The van der Waals surface area contributed by atoms with Crippen molar-refractivity contribution < 1.29 is 13.2 Å². The molecule has 0 spiro atoms. The van der Waals surface area contributed by atoms with Crippen LogP contribution in [0.3, 0.4) is 0 Å². The summed E-state index contributed by atoms with van der Waals surface area (Å²) in [6.07, 6.45) is -4.10. The fraction of sp³-hybridized carbons (Fsp3) is 0.600. The molecular weight excluding hydrogens is 219 g/mol. The van der Waals surface area contributed by atoms with Crippen molar-refractivity contribution in [2.45, 2.75) is 20.0 Å². The molecule has 88 valence electrons. The van der Waals surface area contributed by atoms with E-state index in [1.54, 1.807) is 24.8 Å². The van der Waals surface area contributed by atoms with E-state index in [1.807, 2.05) is 0 Å². The molecule has 2 heterocycles. The van der Waals surface area contributed by atoms with Crippen LogP contribution in [0, 0.1) is 19.8 Å². The van der Waals surface area contributed by atoms with Gasteiger partial charge in [-0.3, -0.25) is 0 Å². The van der Waals surface area contributed by atoms with Gasteiger partial charge in [-0.25, -0.2) is 9.97 Å². The van der Waals surface area contributed by atoms with E-state index in [9.17, 15) is 13.2 Å². The lowest BCUT2D eigenvalue weighted by atomic mass is 10.0. The van der Waals surface area contributed by atoms with Gasteiger partial charge in [-0.1, -0.05) is 0 Å². The van der Waals surface area contributed by atoms with Crippen LogP contribution in [0.2, 0.25) is 0 Å². The highest BCUT2D eigenvalue weighted by Gasteiger charge is 2.47. The average Bonchev–Trinajstić information content (AvgIpc) is 1.94. The van der Waals surface area contributed by atoms with Gasteiger partial charge < -0.3 is 4.90 Å². The van der Waals surface area contributed by atoms with Crippen molar-refractivity contribution in [3.8, 4) is 0 Å². The molecule has 6 heteroatoms. The van der Waals surface area contributed by atoms with Crippen molar-refractivity contribution in [2.75, 3.05) is 18.0 Å². The Morgan fingerprint density at radius 1 is 1.19 bits per heavy atom. The Bertz CT molecular complexity index is 377. The van der Waals surface area contributed by atoms with Crippen LogP contribution in [0.5, 0.6) is 0 Å². The molecule has 0 saturated carbocycles. The van der Waals surface area contributed by atoms with Crippen molar-refractivity contribution in [2.24, 2.45) is 5.92 Å². The monoisotopic (exact) mass is 231 g/mol. The van der Waals surface area contributed by atoms with Crippen LogP contribution >= 0.6 is 0 Å². The van der Waals surface area contributed by atoms with E-state index in [2.05, 4.69) is 9.97 Å². The first-order valence-corrected chi connectivity index (χ1v) is 5.00. The van der Waals surface area contributed by atoms with Crippen LogP contribution < -0.4 is 4.90 Å². The van der Waals surface area contributed by atoms with E-state index < -0.39 is 12.1 Å². The molecule has 0 unspecified atom stereocenters. The lowest BCUT2D eigenvalue weighted by molar-refractivity contribution is -0.180. The van der Waals surface area contributed by atoms with Crippen molar-refractivity contribution in [3.63, 3.8) is 0 Å². The third-order valence-corrected chi connectivity index (χ3v) is 2.60. The molecule has 1 fully saturated rings. The van der Waals surface area contributed by atoms with Crippen LogP contribution in [0.1, 0.15) is 11.4 Å². The molecule has 0 amide bonds. The van der Waals surface area contributed by atoms with Gasteiger partial charge in [0.2, 0.25) is 5.95 Å². The fourth-order valence-corrected chi connectivity index (χ4v) is 1.70. The zero-order chi connectivity index (χ0) is 11.9. The van der Waals surface area contributed by atoms with Gasteiger partial charge in [0.1, 0.15) is 0 Å². The van der Waals surface area contributed by atoms with E-state index in [4.69, 9.17) is 0 Å². The minimum absolute atomic E-state index is 0.0353. The molecule has 1 aliphatic heterocycles.